The Kier molecular flexibility index (Phi) is 6.59. The van der Waals surface area contributed by atoms with Gasteiger partial charge in [-0.2, -0.15) is 9.40 Å². The number of carbonyl (C=O) groups is 1. The molecule has 29 heavy (non-hydrogen) atoms. The lowest BCUT2D eigenvalue weighted by atomic mass is 10.2. The van der Waals surface area contributed by atoms with E-state index in [4.69, 9.17) is 0 Å². The van der Waals surface area contributed by atoms with Gasteiger partial charge >= 0.3 is 0 Å². The molecular weight excluding hydrogens is 390 g/mol. The standard InChI is InChI=1S/C20H29N5O3S/c1-4-24-15-16(14-21-24)20(26)22-18-13-17(29(27,28)25(5-2)6-3)9-10-19(18)23-11-7-8-12-23/h9-10,13-15H,4-8,11-12H2,1-3H3,(H,22,26). The van der Waals surface area contributed by atoms with E-state index >= 15 is 0 Å². The fourth-order valence-corrected chi connectivity index (χ4v) is 5.06. The fraction of sp³-hybridized carbons (Fsp3) is 0.500. The minimum atomic E-state index is -3.62. The number of aromatic nitrogens is 2. The van der Waals surface area contributed by atoms with E-state index in [1.54, 1.807) is 29.1 Å². The van der Waals surface area contributed by atoms with Crippen LogP contribution in [-0.4, -0.2) is 54.6 Å². The summed E-state index contributed by atoms with van der Waals surface area (Å²) >= 11 is 0. The lowest BCUT2D eigenvalue weighted by Gasteiger charge is -2.24. The number of sulfonamides is 1. The number of hydrogen-bond acceptors (Lipinski definition) is 5. The van der Waals surface area contributed by atoms with E-state index in [1.165, 1.54) is 10.5 Å². The monoisotopic (exact) mass is 419 g/mol. The first-order valence-electron chi connectivity index (χ1n) is 10.1. The molecule has 1 aromatic carbocycles. The van der Waals surface area contributed by atoms with Gasteiger partial charge in [-0.25, -0.2) is 8.42 Å². The molecule has 158 valence electrons. The molecule has 1 aliphatic heterocycles. The predicted octanol–water partition coefficient (Wildman–Crippen LogP) is 2.79. The molecule has 2 heterocycles. The molecule has 1 fully saturated rings. The van der Waals surface area contributed by atoms with Crippen molar-refractivity contribution in [3.63, 3.8) is 0 Å². The molecule has 0 atom stereocenters. The highest BCUT2D eigenvalue weighted by Crippen LogP contribution is 2.32. The molecule has 8 nitrogen and oxygen atoms in total. The first-order valence-corrected chi connectivity index (χ1v) is 11.6. The predicted molar refractivity (Wildman–Crippen MR) is 114 cm³/mol. The SMILES string of the molecule is CCN(CC)S(=O)(=O)c1ccc(N2CCCC2)c(NC(=O)c2cnn(CC)c2)c1. The molecule has 0 bridgehead atoms. The van der Waals surface area contributed by atoms with Gasteiger partial charge in [0.15, 0.2) is 0 Å². The molecule has 3 rings (SSSR count). The Morgan fingerprint density at radius 2 is 1.86 bits per heavy atom. The number of rotatable bonds is 8. The minimum absolute atomic E-state index is 0.184. The van der Waals surface area contributed by atoms with Crippen molar-refractivity contribution in [3.8, 4) is 0 Å². The van der Waals surface area contributed by atoms with Crippen LogP contribution in [0.15, 0.2) is 35.5 Å². The number of aryl methyl sites for hydroxylation is 1. The molecule has 1 amide bonds. The van der Waals surface area contributed by atoms with Gasteiger partial charge < -0.3 is 10.2 Å². The van der Waals surface area contributed by atoms with Crippen LogP contribution in [0.1, 0.15) is 44.0 Å². The van der Waals surface area contributed by atoms with Gasteiger partial charge in [0.2, 0.25) is 10.0 Å². The molecule has 1 aromatic heterocycles. The van der Waals surface area contributed by atoms with E-state index in [0.29, 0.717) is 30.9 Å². The highest BCUT2D eigenvalue weighted by Gasteiger charge is 2.25. The molecule has 0 aliphatic carbocycles. The van der Waals surface area contributed by atoms with Gasteiger partial charge in [-0.1, -0.05) is 13.8 Å². The summed E-state index contributed by atoms with van der Waals surface area (Å²) in [6.07, 6.45) is 5.36. The Bertz CT molecular complexity index is 960. The third-order valence-electron chi connectivity index (χ3n) is 5.23. The van der Waals surface area contributed by atoms with Gasteiger partial charge in [0.25, 0.3) is 5.91 Å². The summed E-state index contributed by atoms with van der Waals surface area (Å²) in [5.74, 6) is -0.303. The van der Waals surface area contributed by atoms with Crippen LogP contribution in [0.25, 0.3) is 0 Å². The second-order valence-electron chi connectivity index (χ2n) is 7.00. The van der Waals surface area contributed by atoms with E-state index in [9.17, 15) is 13.2 Å². The van der Waals surface area contributed by atoms with Crippen molar-refractivity contribution in [2.24, 2.45) is 0 Å². The highest BCUT2D eigenvalue weighted by atomic mass is 32.2. The van der Waals surface area contributed by atoms with Crippen molar-refractivity contribution in [2.75, 3.05) is 36.4 Å². The topological polar surface area (TPSA) is 87.5 Å². The Balaban J connectivity index is 1.98. The van der Waals surface area contributed by atoms with Crippen LogP contribution in [0.2, 0.25) is 0 Å². The Hall–Kier alpha value is -2.39. The summed E-state index contributed by atoms with van der Waals surface area (Å²) < 4.78 is 29.0. The average Bonchev–Trinajstić information content (AvgIpc) is 3.40. The van der Waals surface area contributed by atoms with Crippen molar-refractivity contribution in [2.45, 2.75) is 45.1 Å². The summed E-state index contributed by atoms with van der Waals surface area (Å²) in [7, 11) is -3.62. The normalized spacial score (nSPS) is 14.6. The van der Waals surface area contributed by atoms with Crippen molar-refractivity contribution in [1.29, 1.82) is 0 Å². The second-order valence-corrected chi connectivity index (χ2v) is 8.94. The fourth-order valence-electron chi connectivity index (χ4n) is 3.57. The number of benzene rings is 1. The number of amides is 1. The largest absolute Gasteiger partial charge is 0.370 e. The third-order valence-corrected chi connectivity index (χ3v) is 7.27. The van der Waals surface area contributed by atoms with E-state index in [2.05, 4.69) is 15.3 Å². The zero-order valence-electron chi connectivity index (χ0n) is 17.3. The average molecular weight is 420 g/mol. The Morgan fingerprint density at radius 1 is 1.17 bits per heavy atom. The lowest BCUT2D eigenvalue weighted by molar-refractivity contribution is 0.102. The first kappa shape index (κ1) is 21.3. The van der Waals surface area contributed by atoms with Gasteiger partial charge in [0, 0.05) is 38.9 Å². The summed E-state index contributed by atoms with van der Waals surface area (Å²) in [6, 6.07) is 5.00. The van der Waals surface area contributed by atoms with Crippen LogP contribution >= 0.6 is 0 Å². The van der Waals surface area contributed by atoms with E-state index in [0.717, 1.165) is 31.6 Å². The summed E-state index contributed by atoms with van der Waals surface area (Å²) in [5, 5.41) is 7.05. The number of anilines is 2. The molecule has 1 aliphatic rings. The van der Waals surface area contributed by atoms with Crippen molar-refractivity contribution < 1.29 is 13.2 Å². The minimum Gasteiger partial charge on any atom is -0.370 e. The molecule has 1 saturated heterocycles. The van der Waals surface area contributed by atoms with Crippen LogP contribution in [0.4, 0.5) is 11.4 Å². The van der Waals surface area contributed by atoms with Crippen LogP contribution in [-0.2, 0) is 16.6 Å². The van der Waals surface area contributed by atoms with Gasteiger partial charge in [-0.3, -0.25) is 9.48 Å². The van der Waals surface area contributed by atoms with Crippen molar-refractivity contribution in [1.82, 2.24) is 14.1 Å². The Labute approximate surface area is 172 Å². The zero-order valence-corrected chi connectivity index (χ0v) is 18.1. The summed E-state index contributed by atoms with van der Waals surface area (Å²) in [4.78, 5) is 15.1. The van der Waals surface area contributed by atoms with E-state index in [1.807, 2.05) is 20.8 Å². The maximum Gasteiger partial charge on any atom is 0.258 e. The van der Waals surface area contributed by atoms with Gasteiger partial charge in [-0.15, -0.1) is 0 Å². The molecule has 0 spiro atoms. The van der Waals surface area contributed by atoms with Crippen LogP contribution in [0.5, 0.6) is 0 Å². The van der Waals surface area contributed by atoms with E-state index in [-0.39, 0.29) is 10.8 Å². The van der Waals surface area contributed by atoms with Gasteiger partial charge in [0.05, 0.1) is 28.0 Å². The molecular formula is C20H29N5O3S. The third kappa shape index (κ3) is 4.45. The molecule has 0 saturated carbocycles. The number of hydrogen-bond donors (Lipinski definition) is 1. The van der Waals surface area contributed by atoms with Crippen LogP contribution < -0.4 is 10.2 Å². The zero-order chi connectivity index (χ0) is 21.0. The number of nitrogens with one attached hydrogen (secondary N) is 1. The summed E-state index contributed by atoms with van der Waals surface area (Å²) in [6.45, 7) is 8.81. The van der Waals surface area contributed by atoms with Crippen molar-refractivity contribution >= 4 is 27.3 Å². The number of carbonyl (C=O) groups excluding carboxylic acids is 1. The first-order chi connectivity index (χ1) is 13.9. The quantitative estimate of drug-likeness (QED) is 0.711. The molecule has 0 unspecified atom stereocenters. The maximum atomic E-state index is 13.0. The van der Waals surface area contributed by atoms with Gasteiger partial charge in [0.1, 0.15) is 0 Å². The van der Waals surface area contributed by atoms with Crippen LogP contribution in [0.3, 0.4) is 0 Å². The molecule has 1 N–H and O–H groups in total. The van der Waals surface area contributed by atoms with Crippen LogP contribution in [0, 0.1) is 0 Å². The lowest BCUT2D eigenvalue weighted by Crippen LogP contribution is -2.31. The molecule has 2 aromatic rings. The Morgan fingerprint density at radius 3 is 2.45 bits per heavy atom. The number of nitrogens with zero attached hydrogens (tertiary/aromatic N) is 4. The summed E-state index contributed by atoms with van der Waals surface area (Å²) in [5.41, 5.74) is 1.79. The second kappa shape index (κ2) is 8.96. The smallest absolute Gasteiger partial charge is 0.258 e. The molecule has 9 heteroatoms. The van der Waals surface area contributed by atoms with E-state index < -0.39 is 10.0 Å². The molecule has 0 radical (unpaired) electrons. The maximum absolute atomic E-state index is 13.0. The van der Waals surface area contributed by atoms with Crippen molar-refractivity contribution in [3.05, 3.63) is 36.2 Å². The van der Waals surface area contributed by atoms with Gasteiger partial charge in [-0.05, 0) is 38.0 Å². The highest BCUT2D eigenvalue weighted by molar-refractivity contribution is 7.89.